The SMILES string of the molecule is CC/C=C\C/C=C\C/C=C\C/C=C\C/C=C\C/C=C\C/C=C\C/C=C\CCCCC(=O)OCC(COC(=O)CCCCCCCCCCCCCCCC)OC(=O)CCCCCCC/C=C\C/C=C\C/C=C\C/C=C\C/C=C\CC. The normalized spacial score (nSPS) is 13.2. The van der Waals surface area contributed by atoms with E-state index in [1.165, 1.54) is 70.6 Å². The summed E-state index contributed by atoms with van der Waals surface area (Å²) in [6.45, 7) is 6.36. The number of carbonyl (C=O) groups excluding carboxylic acids is 3. The van der Waals surface area contributed by atoms with Crippen molar-refractivity contribution >= 4 is 17.9 Å². The Hall–Kier alpha value is -4.97. The molecule has 0 aliphatic carbocycles. The van der Waals surface area contributed by atoms with Gasteiger partial charge in [-0.1, -0.05) is 281 Å². The Labute approximate surface area is 492 Å². The minimum atomic E-state index is -0.814. The van der Waals surface area contributed by atoms with Gasteiger partial charge in [0.25, 0.3) is 0 Å². The van der Waals surface area contributed by atoms with Gasteiger partial charge in [0.15, 0.2) is 6.10 Å². The number of carbonyl (C=O) groups is 3. The third-order valence-corrected chi connectivity index (χ3v) is 13.3. The molecule has 0 heterocycles. The summed E-state index contributed by atoms with van der Waals surface area (Å²) < 4.78 is 16.9. The Morgan fingerprint density at radius 3 is 0.787 bits per heavy atom. The highest BCUT2D eigenvalue weighted by Crippen LogP contribution is 2.15. The Kier molecular flexibility index (Phi) is 62.4. The fourth-order valence-electron chi connectivity index (χ4n) is 8.48. The van der Waals surface area contributed by atoms with Gasteiger partial charge in [0, 0.05) is 19.3 Å². The average molecular weight is 1100 g/mol. The monoisotopic (exact) mass is 1100 g/mol. The van der Waals surface area contributed by atoms with Crippen LogP contribution in [0, 0.1) is 0 Å². The smallest absolute Gasteiger partial charge is 0.306 e. The number of hydrogen-bond acceptors (Lipinski definition) is 6. The molecule has 80 heavy (non-hydrogen) atoms. The van der Waals surface area contributed by atoms with Crippen molar-refractivity contribution in [2.75, 3.05) is 13.2 Å². The van der Waals surface area contributed by atoms with Gasteiger partial charge in [-0.25, -0.2) is 0 Å². The van der Waals surface area contributed by atoms with Crippen molar-refractivity contribution in [3.8, 4) is 0 Å². The Bertz CT molecular complexity index is 1790. The van der Waals surface area contributed by atoms with Crippen LogP contribution in [0.1, 0.15) is 271 Å². The van der Waals surface area contributed by atoms with Gasteiger partial charge in [-0.2, -0.15) is 0 Å². The van der Waals surface area contributed by atoms with E-state index < -0.39 is 6.10 Å². The van der Waals surface area contributed by atoms with Gasteiger partial charge in [-0.05, 0) is 128 Å². The van der Waals surface area contributed by atoms with E-state index in [-0.39, 0.29) is 31.1 Å². The predicted molar refractivity (Wildman–Crippen MR) is 348 cm³/mol. The van der Waals surface area contributed by atoms with Crippen molar-refractivity contribution in [2.45, 2.75) is 277 Å². The van der Waals surface area contributed by atoms with Crippen LogP contribution >= 0.6 is 0 Å². The van der Waals surface area contributed by atoms with Crippen molar-refractivity contribution < 1.29 is 28.6 Å². The summed E-state index contributed by atoms with van der Waals surface area (Å²) in [5.74, 6) is -0.969. The highest BCUT2D eigenvalue weighted by molar-refractivity contribution is 5.71. The van der Waals surface area contributed by atoms with Crippen LogP contribution in [0.3, 0.4) is 0 Å². The summed E-state index contributed by atoms with van der Waals surface area (Å²) in [5, 5.41) is 0. The van der Waals surface area contributed by atoms with E-state index in [2.05, 4.69) is 179 Å². The Morgan fingerprint density at radius 1 is 0.263 bits per heavy atom. The summed E-state index contributed by atoms with van der Waals surface area (Å²) in [5.41, 5.74) is 0. The maximum atomic E-state index is 12.9. The molecule has 450 valence electrons. The van der Waals surface area contributed by atoms with Crippen molar-refractivity contribution in [1.82, 2.24) is 0 Å². The van der Waals surface area contributed by atoms with Gasteiger partial charge in [0.1, 0.15) is 13.2 Å². The minimum Gasteiger partial charge on any atom is -0.462 e. The molecule has 0 fully saturated rings. The van der Waals surface area contributed by atoms with Gasteiger partial charge in [0.2, 0.25) is 0 Å². The molecular weight excluding hydrogens is 985 g/mol. The lowest BCUT2D eigenvalue weighted by Gasteiger charge is -2.18. The van der Waals surface area contributed by atoms with Crippen LogP contribution in [-0.4, -0.2) is 37.2 Å². The number of esters is 3. The van der Waals surface area contributed by atoms with Gasteiger partial charge in [-0.3, -0.25) is 14.4 Å². The van der Waals surface area contributed by atoms with Crippen molar-refractivity contribution in [1.29, 1.82) is 0 Å². The molecule has 0 aromatic heterocycles. The quantitative estimate of drug-likeness (QED) is 0.0261. The molecule has 0 amide bonds. The number of allylic oxidation sites excluding steroid dienone is 26. The molecule has 6 nitrogen and oxygen atoms in total. The molecule has 0 saturated carbocycles. The molecule has 6 heteroatoms. The first-order valence-electron chi connectivity index (χ1n) is 32.5. The topological polar surface area (TPSA) is 78.9 Å². The van der Waals surface area contributed by atoms with Crippen LogP contribution in [0.4, 0.5) is 0 Å². The van der Waals surface area contributed by atoms with E-state index in [0.29, 0.717) is 25.7 Å². The zero-order valence-corrected chi connectivity index (χ0v) is 51.5. The Morgan fingerprint density at radius 2 is 0.487 bits per heavy atom. The van der Waals surface area contributed by atoms with E-state index in [1.54, 1.807) is 0 Å². The van der Waals surface area contributed by atoms with Crippen LogP contribution in [0.15, 0.2) is 158 Å². The maximum Gasteiger partial charge on any atom is 0.306 e. The number of ether oxygens (including phenoxy) is 3. The lowest BCUT2D eigenvalue weighted by atomic mass is 10.0. The van der Waals surface area contributed by atoms with Crippen molar-refractivity contribution in [3.05, 3.63) is 158 Å². The van der Waals surface area contributed by atoms with Crippen LogP contribution in [0.5, 0.6) is 0 Å². The molecule has 0 aromatic rings. The standard InChI is InChI=1S/C74H118O6/c1-4-7-10-13-16-19-22-25-28-30-32-34-35-36-37-38-39-41-42-44-46-49-52-55-58-61-64-67-73(76)79-70-71(69-78-72(75)66-63-60-57-54-51-48-27-24-21-18-15-12-9-6-3)80-74(77)68-65-62-59-56-53-50-47-45-43-40-33-31-29-26-23-20-17-14-11-8-5-2/h7-8,10-11,16-17,19-20,25-26,28-29,32-34,36-37,39-41,44-47,52,55,71H,4-6,9,12-15,18,21-24,27,30-31,35,38,42-43,48-51,53-54,56-70H2,1-3H3/b10-7-,11-8-,19-16-,20-17-,28-25-,29-26-,34-32-,37-36-,40-33-,41-39-,46-44-,47-45-,55-52-. The molecular formula is C74H118O6. The largest absolute Gasteiger partial charge is 0.462 e. The summed E-state index contributed by atoms with van der Waals surface area (Å²) in [4.78, 5) is 38.3. The van der Waals surface area contributed by atoms with E-state index in [9.17, 15) is 14.4 Å². The fourth-order valence-corrected chi connectivity index (χ4v) is 8.48. The van der Waals surface area contributed by atoms with Crippen molar-refractivity contribution in [3.63, 3.8) is 0 Å². The molecule has 0 spiro atoms. The summed E-state index contributed by atoms with van der Waals surface area (Å²) in [7, 11) is 0. The third kappa shape index (κ3) is 63.9. The maximum absolute atomic E-state index is 12.9. The summed E-state index contributed by atoms with van der Waals surface area (Å²) in [6.07, 6.45) is 96.7. The lowest BCUT2D eigenvalue weighted by molar-refractivity contribution is -0.167. The number of unbranched alkanes of at least 4 members (excludes halogenated alkanes) is 20. The first-order valence-corrected chi connectivity index (χ1v) is 32.5. The minimum absolute atomic E-state index is 0.104. The second kappa shape index (κ2) is 66.5. The van der Waals surface area contributed by atoms with Crippen LogP contribution in [0.2, 0.25) is 0 Å². The fraction of sp³-hybridized carbons (Fsp3) is 0.608. The molecule has 1 unspecified atom stereocenters. The molecule has 0 aromatic carbocycles. The zero-order valence-electron chi connectivity index (χ0n) is 51.5. The molecule has 0 N–H and O–H groups in total. The molecule has 0 bridgehead atoms. The molecule has 0 radical (unpaired) electrons. The van der Waals surface area contributed by atoms with E-state index >= 15 is 0 Å². The van der Waals surface area contributed by atoms with E-state index in [0.717, 1.165) is 154 Å². The summed E-state index contributed by atoms with van der Waals surface area (Å²) in [6, 6.07) is 0. The Balaban J connectivity index is 4.50. The van der Waals surface area contributed by atoms with Gasteiger partial charge in [-0.15, -0.1) is 0 Å². The van der Waals surface area contributed by atoms with E-state index in [1.807, 2.05) is 0 Å². The van der Waals surface area contributed by atoms with Gasteiger partial charge in [0.05, 0.1) is 0 Å². The van der Waals surface area contributed by atoms with E-state index in [4.69, 9.17) is 14.2 Å². The average Bonchev–Trinajstić information content (AvgIpc) is 3.46. The third-order valence-electron chi connectivity index (χ3n) is 13.3. The van der Waals surface area contributed by atoms with Crippen LogP contribution < -0.4 is 0 Å². The highest BCUT2D eigenvalue weighted by atomic mass is 16.6. The summed E-state index contributed by atoms with van der Waals surface area (Å²) >= 11 is 0. The number of hydrogen-bond donors (Lipinski definition) is 0. The molecule has 0 saturated heterocycles. The lowest BCUT2D eigenvalue weighted by Crippen LogP contribution is -2.30. The van der Waals surface area contributed by atoms with Crippen molar-refractivity contribution in [2.24, 2.45) is 0 Å². The first-order chi connectivity index (χ1) is 39.5. The molecule has 0 aliphatic rings. The number of rotatable bonds is 57. The zero-order chi connectivity index (χ0) is 57.8. The second-order valence-corrected chi connectivity index (χ2v) is 20.9. The predicted octanol–water partition coefficient (Wildman–Crippen LogP) is 22.5. The van der Waals surface area contributed by atoms with Crippen LogP contribution in [-0.2, 0) is 28.6 Å². The van der Waals surface area contributed by atoms with Gasteiger partial charge < -0.3 is 14.2 Å². The second-order valence-electron chi connectivity index (χ2n) is 20.9. The first kappa shape index (κ1) is 75.0. The van der Waals surface area contributed by atoms with Crippen LogP contribution in [0.25, 0.3) is 0 Å². The molecule has 1 atom stereocenters. The highest BCUT2D eigenvalue weighted by Gasteiger charge is 2.19. The van der Waals surface area contributed by atoms with Gasteiger partial charge >= 0.3 is 17.9 Å². The molecule has 0 rings (SSSR count). The molecule has 0 aliphatic heterocycles.